The van der Waals surface area contributed by atoms with E-state index in [4.69, 9.17) is 24.1 Å². The van der Waals surface area contributed by atoms with Crippen molar-refractivity contribution in [3.63, 3.8) is 0 Å². The molecule has 0 amide bonds. The maximum Gasteiger partial charge on any atom is 0.297 e. The average molecular weight is 402 g/mol. The van der Waals surface area contributed by atoms with Crippen LogP contribution in [0.25, 0.3) is 0 Å². The normalized spacial score (nSPS) is 15.8. The van der Waals surface area contributed by atoms with Gasteiger partial charge in [-0.05, 0) is 19.1 Å². The van der Waals surface area contributed by atoms with E-state index in [0.29, 0.717) is 22.9 Å². The molecular weight excluding hydrogens is 382 g/mol. The number of ether oxygens (including phenoxy) is 3. The third kappa shape index (κ3) is 4.32. The van der Waals surface area contributed by atoms with Crippen LogP contribution in [0.15, 0.2) is 41.3 Å². The van der Waals surface area contributed by atoms with Crippen molar-refractivity contribution >= 4 is 28.2 Å². The molecule has 1 atom stereocenters. The van der Waals surface area contributed by atoms with Crippen LogP contribution in [-0.4, -0.2) is 34.8 Å². The van der Waals surface area contributed by atoms with E-state index in [9.17, 15) is 8.42 Å². The van der Waals surface area contributed by atoms with Crippen molar-refractivity contribution in [1.82, 2.24) is 0 Å². The Morgan fingerprint density at radius 1 is 1.19 bits per heavy atom. The molecule has 0 saturated carbocycles. The zero-order valence-corrected chi connectivity index (χ0v) is 15.9. The summed E-state index contributed by atoms with van der Waals surface area (Å²) in [4.78, 5) is 0.101. The van der Waals surface area contributed by atoms with Gasteiger partial charge in [-0.2, -0.15) is 8.42 Å². The maximum atomic E-state index is 12.2. The Labute approximate surface area is 158 Å². The van der Waals surface area contributed by atoms with Crippen LogP contribution in [0.4, 0.5) is 5.69 Å². The van der Waals surface area contributed by atoms with Crippen molar-refractivity contribution in [2.75, 3.05) is 26.1 Å². The summed E-state index contributed by atoms with van der Waals surface area (Å²) in [5.41, 5.74) is 7.21. The minimum absolute atomic E-state index is 0. The van der Waals surface area contributed by atoms with Crippen LogP contribution in [0.5, 0.6) is 17.2 Å². The molecule has 0 fully saturated rings. The van der Waals surface area contributed by atoms with Crippen molar-refractivity contribution < 1.29 is 26.8 Å². The summed E-state index contributed by atoms with van der Waals surface area (Å²) in [6.07, 6.45) is -0.569. The molecule has 2 aromatic carbocycles. The van der Waals surface area contributed by atoms with E-state index in [0.717, 1.165) is 5.56 Å². The standard InChI is InChI=1S/C17H19NO6S.ClH/c1-11-3-5-13(6-4-11)25(19,20)23-10-12-9-22-16-8-15(21-2)14(18)7-17(16)24-12;/h3-8,12H,9-10,18H2,1-2H3;1H/t12-;/m0./s1. The molecule has 2 N–H and O–H groups in total. The summed E-state index contributed by atoms with van der Waals surface area (Å²) >= 11 is 0. The number of aryl methyl sites for hydroxylation is 1. The van der Waals surface area contributed by atoms with Crippen LogP contribution >= 0.6 is 12.4 Å². The Morgan fingerprint density at radius 3 is 2.54 bits per heavy atom. The van der Waals surface area contributed by atoms with Gasteiger partial charge in [-0.3, -0.25) is 4.18 Å². The molecular formula is C17H20ClNO6S. The molecule has 1 aliphatic rings. The van der Waals surface area contributed by atoms with Crippen molar-refractivity contribution in [3.8, 4) is 17.2 Å². The highest BCUT2D eigenvalue weighted by Gasteiger charge is 2.26. The molecule has 3 rings (SSSR count). The lowest BCUT2D eigenvalue weighted by atomic mass is 10.2. The van der Waals surface area contributed by atoms with E-state index in [-0.39, 0.29) is 30.5 Å². The lowest BCUT2D eigenvalue weighted by molar-refractivity contribution is 0.0553. The van der Waals surface area contributed by atoms with Gasteiger partial charge in [0, 0.05) is 12.1 Å². The molecule has 2 aromatic rings. The van der Waals surface area contributed by atoms with E-state index < -0.39 is 16.2 Å². The third-order valence-corrected chi connectivity index (χ3v) is 5.03. The molecule has 0 spiro atoms. The Bertz CT molecular complexity index is 870. The second-order valence-electron chi connectivity index (χ2n) is 5.64. The summed E-state index contributed by atoms with van der Waals surface area (Å²) in [5, 5.41) is 0. The number of hydrogen-bond donors (Lipinski definition) is 1. The van der Waals surface area contributed by atoms with E-state index in [1.807, 2.05) is 6.92 Å². The summed E-state index contributed by atoms with van der Waals surface area (Å²) in [7, 11) is -2.34. The minimum atomic E-state index is -3.85. The number of halogens is 1. The van der Waals surface area contributed by atoms with Gasteiger partial charge in [0.15, 0.2) is 17.6 Å². The predicted octanol–water partition coefficient (Wildman–Crippen LogP) is 2.55. The molecule has 0 bridgehead atoms. The first kappa shape index (κ1) is 20.2. The van der Waals surface area contributed by atoms with Crippen molar-refractivity contribution in [1.29, 1.82) is 0 Å². The van der Waals surface area contributed by atoms with Gasteiger partial charge in [0.2, 0.25) is 0 Å². The SMILES string of the molecule is COc1cc2c(cc1N)O[C@H](COS(=O)(=O)c1ccc(C)cc1)CO2.Cl. The number of benzene rings is 2. The first-order chi connectivity index (χ1) is 11.9. The molecule has 1 aliphatic heterocycles. The highest BCUT2D eigenvalue weighted by molar-refractivity contribution is 7.86. The van der Waals surface area contributed by atoms with Gasteiger partial charge < -0.3 is 19.9 Å². The van der Waals surface area contributed by atoms with Gasteiger partial charge in [0.05, 0.1) is 17.7 Å². The number of anilines is 1. The zero-order chi connectivity index (χ0) is 18.0. The Kier molecular flexibility index (Phi) is 6.22. The lowest BCUT2D eigenvalue weighted by Gasteiger charge is -2.26. The Balaban J connectivity index is 0.00000243. The summed E-state index contributed by atoms with van der Waals surface area (Å²) in [5.74, 6) is 1.40. The van der Waals surface area contributed by atoms with Crippen LogP contribution in [0.2, 0.25) is 0 Å². The monoisotopic (exact) mass is 401 g/mol. The van der Waals surface area contributed by atoms with Gasteiger partial charge in [-0.25, -0.2) is 0 Å². The third-order valence-electron chi connectivity index (χ3n) is 3.73. The Morgan fingerprint density at radius 2 is 1.88 bits per heavy atom. The van der Waals surface area contributed by atoms with Gasteiger partial charge in [-0.1, -0.05) is 17.7 Å². The predicted molar refractivity (Wildman–Crippen MR) is 98.9 cm³/mol. The van der Waals surface area contributed by atoms with Gasteiger partial charge in [0.25, 0.3) is 10.1 Å². The zero-order valence-electron chi connectivity index (χ0n) is 14.3. The fraction of sp³-hybridized carbons (Fsp3) is 0.294. The first-order valence-electron chi connectivity index (χ1n) is 7.62. The van der Waals surface area contributed by atoms with E-state index >= 15 is 0 Å². The van der Waals surface area contributed by atoms with Gasteiger partial charge in [-0.15, -0.1) is 12.4 Å². The van der Waals surface area contributed by atoms with Crippen molar-refractivity contribution in [3.05, 3.63) is 42.0 Å². The first-order valence-corrected chi connectivity index (χ1v) is 9.03. The topological polar surface area (TPSA) is 97.1 Å². The fourth-order valence-electron chi connectivity index (χ4n) is 2.36. The number of nitrogen functional groups attached to an aromatic ring is 1. The maximum absolute atomic E-state index is 12.2. The second kappa shape index (κ2) is 8.03. The van der Waals surface area contributed by atoms with Crippen molar-refractivity contribution in [2.45, 2.75) is 17.9 Å². The molecule has 0 unspecified atom stereocenters. The van der Waals surface area contributed by atoms with Crippen LogP contribution in [-0.2, 0) is 14.3 Å². The molecule has 0 saturated heterocycles. The van der Waals surface area contributed by atoms with Crippen molar-refractivity contribution in [2.24, 2.45) is 0 Å². The van der Waals surface area contributed by atoms with Crippen LogP contribution in [0.3, 0.4) is 0 Å². The van der Waals surface area contributed by atoms with Crippen LogP contribution in [0, 0.1) is 6.92 Å². The molecule has 1 heterocycles. The smallest absolute Gasteiger partial charge is 0.297 e. The van der Waals surface area contributed by atoms with Crippen LogP contribution < -0.4 is 19.9 Å². The molecule has 0 radical (unpaired) electrons. The average Bonchev–Trinajstić information content (AvgIpc) is 2.59. The fourth-order valence-corrected chi connectivity index (χ4v) is 3.29. The lowest BCUT2D eigenvalue weighted by Crippen LogP contribution is -2.34. The summed E-state index contributed by atoms with van der Waals surface area (Å²) < 4.78 is 45.9. The molecule has 26 heavy (non-hydrogen) atoms. The molecule has 9 heteroatoms. The van der Waals surface area contributed by atoms with Gasteiger partial charge >= 0.3 is 0 Å². The molecule has 0 aromatic heterocycles. The number of nitrogens with two attached hydrogens (primary N) is 1. The molecule has 0 aliphatic carbocycles. The van der Waals surface area contributed by atoms with E-state index in [2.05, 4.69) is 0 Å². The molecule has 142 valence electrons. The van der Waals surface area contributed by atoms with E-state index in [1.165, 1.54) is 19.2 Å². The number of fused-ring (bicyclic) bond motifs is 1. The largest absolute Gasteiger partial charge is 0.494 e. The Hall–Kier alpha value is -2.16. The quantitative estimate of drug-likeness (QED) is 0.607. The highest BCUT2D eigenvalue weighted by atomic mass is 35.5. The summed E-state index contributed by atoms with van der Waals surface area (Å²) in [6, 6.07) is 9.64. The second-order valence-corrected chi connectivity index (χ2v) is 7.26. The molecule has 7 nitrogen and oxygen atoms in total. The number of methoxy groups -OCH3 is 1. The highest BCUT2D eigenvalue weighted by Crippen LogP contribution is 2.39. The number of hydrogen-bond acceptors (Lipinski definition) is 7. The van der Waals surface area contributed by atoms with E-state index in [1.54, 1.807) is 24.3 Å². The van der Waals surface area contributed by atoms with Crippen LogP contribution in [0.1, 0.15) is 5.56 Å². The van der Waals surface area contributed by atoms with Gasteiger partial charge in [0.1, 0.15) is 19.0 Å². The minimum Gasteiger partial charge on any atom is -0.494 e. The summed E-state index contributed by atoms with van der Waals surface area (Å²) in [6.45, 7) is 1.87. The number of rotatable bonds is 5.